The van der Waals surface area contributed by atoms with Crippen LogP contribution in [-0.2, 0) is 6.54 Å². The number of rotatable bonds is 4. The minimum absolute atomic E-state index is 0.0179. The number of alkyl halides is 2. The molecule has 3 rings (SSSR count). The molecule has 1 heterocycles. The Morgan fingerprint density at radius 1 is 1.41 bits per heavy atom. The summed E-state index contributed by atoms with van der Waals surface area (Å²) in [6.45, 7) is 0.839. The molecule has 0 spiro atoms. The predicted molar refractivity (Wildman–Crippen MR) is 63.5 cm³/mol. The van der Waals surface area contributed by atoms with E-state index in [-0.39, 0.29) is 18.8 Å². The molecule has 0 saturated heterocycles. The maximum absolute atomic E-state index is 13.1. The van der Waals surface area contributed by atoms with Crippen LogP contribution < -0.4 is 5.32 Å². The van der Waals surface area contributed by atoms with Crippen LogP contribution in [0, 0.1) is 0 Å². The van der Waals surface area contributed by atoms with Crippen LogP contribution in [0.4, 0.5) is 8.78 Å². The van der Waals surface area contributed by atoms with E-state index in [0.717, 1.165) is 11.6 Å². The zero-order chi connectivity index (χ0) is 11.9. The third kappa shape index (κ3) is 2.83. The minimum Gasteiger partial charge on any atom is -0.309 e. The number of thiazole rings is 1. The Bertz CT molecular complexity index is 401. The fraction of sp³-hybridized carbons (Fsp3) is 0.750. The van der Waals surface area contributed by atoms with Gasteiger partial charge in [-0.15, -0.1) is 11.3 Å². The largest absolute Gasteiger partial charge is 0.309 e. The lowest BCUT2D eigenvalue weighted by molar-refractivity contribution is 0.00776. The van der Waals surface area contributed by atoms with Gasteiger partial charge in [-0.2, -0.15) is 0 Å². The van der Waals surface area contributed by atoms with Crippen molar-refractivity contribution >= 4 is 11.3 Å². The highest BCUT2D eigenvalue weighted by Gasteiger charge is 2.41. The molecule has 0 bridgehead atoms. The van der Waals surface area contributed by atoms with Gasteiger partial charge < -0.3 is 5.32 Å². The van der Waals surface area contributed by atoms with Gasteiger partial charge in [0.05, 0.1) is 5.01 Å². The highest BCUT2D eigenvalue weighted by atomic mass is 32.1. The van der Waals surface area contributed by atoms with Gasteiger partial charge >= 0.3 is 0 Å². The van der Waals surface area contributed by atoms with Crippen LogP contribution in [0.15, 0.2) is 6.20 Å². The maximum Gasteiger partial charge on any atom is 0.248 e. The molecule has 2 aliphatic rings. The van der Waals surface area contributed by atoms with Gasteiger partial charge in [0.2, 0.25) is 5.92 Å². The smallest absolute Gasteiger partial charge is 0.248 e. The summed E-state index contributed by atoms with van der Waals surface area (Å²) in [5.41, 5.74) is 0. The molecule has 1 atom stereocenters. The molecule has 1 N–H and O–H groups in total. The second kappa shape index (κ2) is 4.28. The van der Waals surface area contributed by atoms with Crippen molar-refractivity contribution in [1.82, 2.24) is 10.3 Å². The first-order valence-electron chi connectivity index (χ1n) is 6.18. The third-order valence-electron chi connectivity index (χ3n) is 3.47. The van der Waals surface area contributed by atoms with Crippen LogP contribution in [0.2, 0.25) is 0 Å². The van der Waals surface area contributed by atoms with Gasteiger partial charge in [0, 0.05) is 42.4 Å². The van der Waals surface area contributed by atoms with Gasteiger partial charge in [-0.1, -0.05) is 0 Å². The van der Waals surface area contributed by atoms with Crippen molar-refractivity contribution in [2.45, 2.75) is 56.5 Å². The zero-order valence-electron chi connectivity index (χ0n) is 9.59. The summed E-state index contributed by atoms with van der Waals surface area (Å²) in [4.78, 5) is 5.48. The van der Waals surface area contributed by atoms with Gasteiger partial charge in [-0.3, -0.25) is 0 Å². The topological polar surface area (TPSA) is 24.9 Å². The van der Waals surface area contributed by atoms with Crippen molar-refractivity contribution in [2.24, 2.45) is 0 Å². The van der Waals surface area contributed by atoms with E-state index in [9.17, 15) is 8.78 Å². The monoisotopic (exact) mass is 258 g/mol. The van der Waals surface area contributed by atoms with E-state index in [1.54, 1.807) is 11.3 Å². The standard InChI is InChI=1S/C12H16F2N2S/c13-12(14)4-3-8(5-12)11-16-7-10(17-11)6-15-9-1-2-9/h7-9,15H,1-6H2. The fourth-order valence-corrected chi connectivity index (χ4v) is 3.29. The van der Waals surface area contributed by atoms with Crippen molar-refractivity contribution in [3.05, 3.63) is 16.1 Å². The molecule has 1 aromatic heterocycles. The van der Waals surface area contributed by atoms with Crippen molar-refractivity contribution in [3.63, 3.8) is 0 Å². The van der Waals surface area contributed by atoms with Crippen molar-refractivity contribution in [2.75, 3.05) is 0 Å². The number of nitrogens with one attached hydrogen (secondary N) is 1. The SMILES string of the molecule is FC1(F)CCC(c2ncc(CNC3CC3)s2)C1. The van der Waals surface area contributed by atoms with E-state index in [4.69, 9.17) is 0 Å². The second-order valence-corrected chi connectivity index (χ2v) is 6.26. The average Bonchev–Trinajstić information content (AvgIpc) is 2.86. The first-order chi connectivity index (χ1) is 8.12. The molecule has 0 amide bonds. The molecular formula is C12H16F2N2S. The van der Waals surface area contributed by atoms with E-state index in [1.807, 2.05) is 6.20 Å². The summed E-state index contributed by atoms with van der Waals surface area (Å²) >= 11 is 1.59. The fourth-order valence-electron chi connectivity index (χ4n) is 2.29. The molecule has 2 aliphatic carbocycles. The van der Waals surface area contributed by atoms with Gasteiger partial charge in [-0.05, 0) is 19.3 Å². The van der Waals surface area contributed by atoms with Crippen molar-refractivity contribution < 1.29 is 8.78 Å². The molecule has 1 unspecified atom stereocenters. The quantitative estimate of drug-likeness (QED) is 0.896. The molecule has 2 saturated carbocycles. The van der Waals surface area contributed by atoms with Crippen LogP contribution >= 0.6 is 11.3 Å². The maximum atomic E-state index is 13.1. The number of hydrogen-bond acceptors (Lipinski definition) is 3. The van der Waals surface area contributed by atoms with Crippen LogP contribution in [-0.4, -0.2) is 16.9 Å². The number of hydrogen-bond donors (Lipinski definition) is 1. The summed E-state index contributed by atoms with van der Waals surface area (Å²) in [5, 5.41) is 4.31. The average molecular weight is 258 g/mol. The predicted octanol–water partition coefficient (Wildman–Crippen LogP) is 3.30. The van der Waals surface area contributed by atoms with Crippen LogP contribution in [0.3, 0.4) is 0 Å². The van der Waals surface area contributed by atoms with Gasteiger partial charge in [0.15, 0.2) is 0 Å². The molecule has 0 aromatic carbocycles. The van der Waals surface area contributed by atoms with E-state index >= 15 is 0 Å². The van der Waals surface area contributed by atoms with Crippen molar-refractivity contribution in [3.8, 4) is 0 Å². The van der Waals surface area contributed by atoms with E-state index in [2.05, 4.69) is 10.3 Å². The van der Waals surface area contributed by atoms with Crippen LogP contribution in [0.1, 0.15) is 47.9 Å². The Hall–Kier alpha value is -0.550. The number of halogens is 2. The molecule has 17 heavy (non-hydrogen) atoms. The first kappa shape index (κ1) is 11.5. The zero-order valence-corrected chi connectivity index (χ0v) is 10.4. The van der Waals surface area contributed by atoms with Crippen LogP contribution in [0.25, 0.3) is 0 Å². The molecule has 2 nitrogen and oxygen atoms in total. The third-order valence-corrected chi connectivity index (χ3v) is 4.63. The highest BCUT2D eigenvalue weighted by Crippen LogP contribution is 2.45. The number of aromatic nitrogens is 1. The summed E-state index contributed by atoms with van der Waals surface area (Å²) in [6.07, 6.45) is 4.95. The Morgan fingerprint density at radius 3 is 2.88 bits per heavy atom. The van der Waals surface area contributed by atoms with E-state index in [0.29, 0.717) is 12.5 Å². The van der Waals surface area contributed by atoms with Gasteiger partial charge in [0.25, 0.3) is 0 Å². The van der Waals surface area contributed by atoms with E-state index in [1.165, 1.54) is 17.7 Å². The van der Waals surface area contributed by atoms with Crippen molar-refractivity contribution in [1.29, 1.82) is 0 Å². The summed E-state index contributed by atoms with van der Waals surface area (Å²) in [7, 11) is 0. The normalized spacial score (nSPS) is 27.5. The van der Waals surface area contributed by atoms with E-state index < -0.39 is 5.92 Å². The van der Waals surface area contributed by atoms with Gasteiger partial charge in [0.1, 0.15) is 0 Å². The second-order valence-electron chi connectivity index (χ2n) is 5.12. The summed E-state index contributed by atoms with van der Waals surface area (Å²) in [6, 6.07) is 0.677. The summed E-state index contributed by atoms with van der Waals surface area (Å²) < 4.78 is 26.2. The molecule has 94 valence electrons. The highest BCUT2D eigenvalue weighted by molar-refractivity contribution is 7.11. The summed E-state index contributed by atoms with van der Waals surface area (Å²) in [5.74, 6) is -2.49. The lowest BCUT2D eigenvalue weighted by Gasteiger charge is -2.07. The van der Waals surface area contributed by atoms with Crippen LogP contribution in [0.5, 0.6) is 0 Å². The molecule has 0 aliphatic heterocycles. The minimum atomic E-state index is -2.47. The Labute approximate surface area is 103 Å². The Morgan fingerprint density at radius 2 is 2.24 bits per heavy atom. The molecule has 1 aromatic rings. The van der Waals surface area contributed by atoms with Gasteiger partial charge in [-0.25, -0.2) is 13.8 Å². The Balaban J connectivity index is 1.59. The lowest BCUT2D eigenvalue weighted by atomic mass is 10.1. The molecule has 0 radical (unpaired) electrons. The molecule has 5 heteroatoms. The molecular weight excluding hydrogens is 242 g/mol. The first-order valence-corrected chi connectivity index (χ1v) is 7.00. The Kier molecular flexibility index (Phi) is 2.91. The lowest BCUT2D eigenvalue weighted by Crippen LogP contribution is -2.14. The number of nitrogens with zero attached hydrogens (tertiary/aromatic N) is 1. The molecule has 2 fully saturated rings.